The third-order valence-electron chi connectivity index (χ3n) is 3.06. The van der Waals surface area contributed by atoms with Crippen LogP contribution in [0.3, 0.4) is 0 Å². The van der Waals surface area contributed by atoms with Crippen LogP contribution in [-0.4, -0.2) is 52.9 Å². The van der Waals surface area contributed by atoms with Gasteiger partial charge < -0.3 is 20.4 Å². The predicted molar refractivity (Wildman–Crippen MR) is 70.8 cm³/mol. The highest BCUT2D eigenvalue weighted by Gasteiger charge is 2.35. The monoisotopic (exact) mass is 304 g/mol. The van der Waals surface area contributed by atoms with E-state index in [4.69, 9.17) is 16.7 Å². The van der Waals surface area contributed by atoms with Gasteiger partial charge in [-0.2, -0.15) is 0 Å². The molecule has 1 aliphatic rings. The molecular weight excluding hydrogens is 292 g/mol. The number of likely N-dealkylation sites (tertiary alicyclic amines) is 1. The number of rotatable bonds is 3. The second kappa shape index (κ2) is 5.77. The summed E-state index contributed by atoms with van der Waals surface area (Å²) in [5.41, 5.74) is 0. The van der Waals surface area contributed by atoms with Crippen molar-refractivity contribution in [2.45, 2.75) is 6.04 Å². The van der Waals surface area contributed by atoms with Crippen LogP contribution < -0.4 is 5.32 Å². The highest BCUT2D eigenvalue weighted by atomic mass is 35.5. The number of carboxylic acid groups (broad SMARTS) is 1. The zero-order chi connectivity index (χ0) is 14.0. The van der Waals surface area contributed by atoms with E-state index in [1.807, 2.05) is 0 Å². The van der Waals surface area contributed by atoms with Crippen molar-refractivity contribution < 1.29 is 19.8 Å². The van der Waals surface area contributed by atoms with Crippen molar-refractivity contribution in [3.63, 3.8) is 0 Å². The van der Waals surface area contributed by atoms with E-state index >= 15 is 0 Å². The summed E-state index contributed by atoms with van der Waals surface area (Å²) in [6.45, 7) is 0.243. The molecule has 1 fully saturated rings. The van der Waals surface area contributed by atoms with Gasteiger partial charge in [0.15, 0.2) is 0 Å². The average molecular weight is 305 g/mol. The number of halogens is 1. The fourth-order valence-electron chi connectivity index (χ4n) is 2.05. The number of thiophene rings is 1. The van der Waals surface area contributed by atoms with E-state index in [-0.39, 0.29) is 37.6 Å². The van der Waals surface area contributed by atoms with E-state index in [1.54, 1.807) is 12.1 Å². The molecule has 2 rings (SSSR count). The van der Waals surface area contributed by atoms with Crippen molar-refractivity contribution in [2.75, 3.05) is 19.7 Å². The number of carbonyl (C=O) groups excluding carboxylic acids is 1. The van der Waals surface area contributed by atoms with Gasteiger partial charge in [0.2, 0.25) is 0 Å². The van der Waals surface area contributed by atoms with E-state index in [1.165, 1.54) is 4.90 Å². The second-order valence-corrected chi connectivity index (χ2v) is 6.03. The highest BCUT2D eigenvalue weighted by Crippen LogP contribution is 2.22. The standard InChI is InChI=1S/C11H13ClN2O4S/c12-9-2-1-8(19-9)10(16)13-7-4-14(11(17)18)3-6(7)5-15/h1-2,6-7,15H,3-5H2,(H,13,16)(H,17,18). The molecule has 2 atom stereocenters. The van der Waals surface area contributed by atoms with Crippen molar-refractivity contribution in [1.29, 1.82) is 0 Å². The quantitative estimate of drug-likeness (QED) is 0.780. The number of aliphatic hydroxyl groups excluding tert-OH is 1. The van der Waals surface area contributed by atoms with Crippen molar-refractivity contribution in [3.8, 4) is 0 Å². The molecule has 0 saturated carbocycles. The molecule has 2 heterocycles. The molecule has 0 spiro atoms. The minimum absolute atomic E-state index is 0.167. The van der Waals surface area contributed by atoms with Gasteiger partial charge in [-0.25, -0.2) is 4.79 Å². The number of hydrogen-bond donors (Lipinski definition) is 3. The van der Waals surface area contributed by atoms with E-state index in [0.29, 0.717) is 9.21 Å². The largest absolute Gasteiger partial charge is 0.465 e. The maximum atomic E-state index is 11.9. The smallest absolute Gasteiger partial charge is 0.407 e. The van der Waals surface area contributed by atoms with Gasteiger partial charge in [0.05, 0.1) is 15.3 Å². The number of carbonyl (C=O) groups is 2. The molecule has 0 aromatic carbocycles. The lowest BCUT2D eigenvalue weighted by molar-refractivity contribution is 0.0924. The van der Waals surface area contributed by atoms with Crippen LogP contribution in [0.2, 0.25) is 4.34 Å². The Morgan fingerprint density at radius 2 is 2.21 bits per heavy atom. The first kappa shape index (κ1) is 14.1. The average Bonchev–Trinajstić information content (AvgIpc) is 2.95. The molecule has 0 radical (unpaired) electrons. The Morgan fingerprint density at radius 3 is 2.74 bits per heavy atom. The van der Waals surface area contributed by atoms with Crippen LogP contribution in [0.5, 0.6) is 0 Å². The van der Waals surface area contributed by atoms with E-state index in [9.17, 15) is 14.7 Å². The summed E-state index contributed by atoms with van der Waals surface area (Å²) < 4.78 is 0.516. The first-order valence-corrected chi connectivity index (χ1v) is 6.85. The molecule has 6 nitrogen and oxygen atoms in total. The number of aliphatic hydroxyl groups is 1. The van der Waals surface area contributed by atoms with Crippen LogP contribution in [0.1, 0.15) is 9.67 Å². The molecule has 1 aromatic rings. The molecule has 1 aliphatic heterocycles. The van der Waals surface area contributed by atoms with Gasteiger partial charge in [-0.3, -0.25) is 4.79 Å². The molecule has 2 unspecified atom stereocenters. The summed E-state index contributed by atoms with van der Waals surface area (Å²) >= 11 is 6.91. The number of hydrogen-bond acceptors (Lipinski definition) is 4. The van der Waals surface area contributed by atoms with Crippen molar-refractivity contribution in [3.05, 3.63) is 21.3 Å². The lowest BCUT2D eigenvalue weighted by atomic mass is 10.1. The summed E-state index contributed by atoms with van der Waals surface area (Å²) in [5, 5.41) is 20.9. The molecular formula is C11H13ClN2O4S. The van der Waals surface area contributed by atoms with E-state index < -0.39 is 6.09 Å². The zero-order valence-corrected chi connectivity index (χ0v) is 11.4. The molecule has 19 heavy (non-hydrogen) atoms. The number of nitrogens with one attached hydrogen (secondary N) is 1. The maximum Gasteiger partial charge on any atom is 0.407 e. The Kier molecular flexibility index (Phi) is 4.28. The van der Waals surface area contributed by atoms with Gasteiger partial charge in [-0.05, 0) is 12.1 Å². The topological polar surface area (TPSA) is 89.9 Å². The van der Waals surface area contributed by atoms with Gasteiger partial charge in [-0.15, -0.1) is 11.3 Å². The van der Waals surface area contributed by atoms with Crippen LogP contribution in [0.25, 0.3) is 0 Å². The molecule has 104 valence electrons. The predicted octanol–water partition coefficient (Wildman–Crippen LogP) is 1.10. The summed E-state index contributed by atoms with van der Waals surface area (Å²) in [6, 6.07) is 2.86. The van der Waals surface area contributed by atoms with Crippen LogP contribution in [0.15, 0.2) is 12.1 Å². The lowest BCUT2D eigenvalue weighted by Gasteiger charge is -2.16. The third-order valence-corrected chi connectivity index (χ3v) is 4.29. The normalized spacial score (nSPS) is 22.5. The Balaban J connectivity index is 2.01. The summed E-state index contributed by atoms with van der Waals surface area (Å²) in [4.78, 5) is 24.5. The Hall–Kier alpha value is -1.31. The Labute approximate surface area is 118 Å². The van der Waals surface area contributed by atoms with Gasteiger partial charge in [0.25, 0.3) is 5.91 Å². The van der Waals surface area contributed by atoms with Crippen LogP contribution in [0.4, 0.5) is 4.79 Å². The SMILES string of the molecule is O=C(NC1CN(C(=O)O)CC1CO)c1ccc(Cl)s1. The number of amides is 2. The molecule has 0 bridgehead atoms. The first-order chi connectivity index (χ1) is 9.01. The van der Waals surface area contributed by atoms with Gasteiger partial charge in [-0.1, -0.05) is 11.6 Å². The molecule has 8 heteroatoms. The van der Waals surface area contributed by atoms with Crippen molar-refractivity contribution in [2.24, 2.45) is 5.92 Å². The first-order valence-electron chi connectivity index (χ1n) is 5.66. The minimum Gasteiger partial charge on any atom is -0.465 e. The molecule has 1 saturated heterocycles. The van der Waals surface area contributed by atoms with E-state index in [0.717, 1.165) is 11.3 Å². The summed E-state index contributed by atoms with van der Waals surface area (Å²) in [5.74, 6) is -0.580. The Bertz CT molecular complexity index is 493. The van der Waals surface area contributed by atoms with Crippen molar-refractivity contribution in [1.82, 2.24) is 10.2 Å². The van der Waals surface area contributed by atoms with E-state index in [2.05, 4.69) is 5.32 Å². The summed E-state index contributed by atoms with van der Waals surface area (Å²) in [6.07, 6.45) is -1.05. The lowest BCUT2D eigenvalue weighted by Crippen LogP contribution is -2.41. The molecule has 1 aromatic heterocycles. The van der Waals surface area contributed by atoms with Gasteiger partial charge in [0.1, 0.15) is 0 Å². The fourth-order valence-corrected chi connectivity index (χ4v) is 3.00. The number of nitrogens with zero attached hydrogens (tertiary/aromatic N) is 1. The van der Waals surface area contributed by atoms with Crippen LogP contribution in [0, 0.1) is 5.92 Å². The maximum absolute atomic E-state index is 11.9. The second-order valence-electron chi connectivity index (χ2n) is 4.31. The fraction of sp³-hybridized carbons (Fsp3) is 0.455. The van der Waals surface area contributed by atoms with Crippen LogP contribution in [-0.2, 0) is 0 Å². The van der Waals surface area contributed by atoms with Crippen molar-refractivity contribution >= 4 is 34.9 Å². The molecule has 3 N–H and O–H groups in total. The van der Waals surface area contributed by atoms with Crippen LogP contribution >= 0.6 is 22.9 Å². The Morgan fingerprint density at radius 1 is 1.47 bits per heavy atom. The molecule has 0 aliphatic carbocycles. The zero-order valence-electron chi connectivity index (χ0n) is 9.88. The minimum atomic E-state index is -1.05. The van der Waals surface area contributed by atoms with Gasteiger partial charge >= 0.3 is 6.09 Å². The summed E-state index contributed by atoms with van der Waals surface area (Å²) in [7, 11) is 0. The third kappa shape index (κ3) is 3.17. The molecule has 2 amide bonds. The highest BCUT2D eigenvalue weighted by molar-refractivity contribution is 7.17. The van der Waals surface area contributed by atoms with Gasteiger partial charge in [0, 0.05) is 25.6 Å².